The van der Waals surface area contributed by atoms with Crippen molar-refractivity contribution >= 4 is 11.6 Å². The summed E-state index contributed by atoms with van der Waals surface area (Å²) < 4.78 is 0. The zero-order valence-electron chi connectivity index (χ0n) is 15.6. The zero-order chi connectivity index (χ0) is 17.3. The SMILES string of the molecule is C/C=C1\C(=O)C[C@H]2[C@]3(C)CCC4=CC(=O)CC[C@]4(C)[C@H]3CC[C@]12C. The third-order valence-electron chi connectivity index (χ3n) is 8.57. The van der Waals surface area contributed by atoms with Gasteiger partial charge in [-0.05, 0) is 78.8 Å². The Morgan fingerprint density at radius 1 is 1.00 bits per heavy atom. The third-order valence-corrected chi connectivity index (χ3v) is 8.57. The van der Waals surface area contributed by atoms with Crippen molar-refractivity contribution in [1.29, 1.82) is 0 Å². The van der Waals surface area contributed by atoms with Crippen LogP contribution in [0.3, 0.4) is 0 Å². The van der Waals surface area contributed by atoms with Crippen molar-refractivity contribution < 1.29 is 9.59 Å². The van der Waals surface area contributed by atoms with E-state index in [1.165, 1.54) is 12.0 Å². The number of Topliss-reactive ketones (excluding diaryl/α,β-unsaturated/α-hetero) is 1. The fourth-order valence-corrected chi connectivity index (χ4v) is 7.33. The van der Waals surface area contributed by atoms with E-state index in [0.29, 0.717) is 29.8 Å². The van der Waals surface area contributed by atoms with Gasteiger partial charge in [0.2, 0.25) is 0 Å². The Morgan fingerprint density at radius 2 is 1.75 bits per heavy atom. The lowest BCUT2D eigenvalue weighted by molar-refractivity contribution is -0.122. The molecule has 2 nitrogen and oxygen atoms in total. The fraction of sp³-hybridized carbons (Fsp3) is 0.727. The topological polar surface area (TPSA) is 34.1 Å². The first-order valence-corrected chi connectivity index (χ1v) is 9.69. The number of ketones is 2. The lowest BCUT2D eigenvalue weighted by Gasteiger charge is -2.62. The average molecular weight is 326 g/mol. The summed E-state index contributed by atoms with van der Waals surface area (Å²) in [6.07, 6.45) is 11.0. The molecule has 0 radical (unpaired) electrons. The summed E-state index contributed by atoms with van der Waals surface area (Å²) in [5, 5.41) is 0. The number of fused-ring (bicyclic) bond motifs is 5. The Bertz CT molecular complexity index is 684. The molecular weight excluding hydrogens is 296 g/mol. The summed E-state index contributed by atoms with van der Waals surface area (Å²) in [7, 11) is 0. The molecule has 2 heteroatoms. The van der Waals surface area contributed by atoms with Gasteiger partial charge in [0.15, 0.2) is 11.6 Å². The largest absolute Gasteiger partial charge is 0.295 e. The van der Waals surface area contributed by atoms with Crippen LogP contribution < -0.4 is 0 Å². The monoisotopic (exact) mass is 326 g/mol. The minimum Gasteiger partial charge on any atom is -0.295 e. The van der Waals surface area contributed by atoms with Crippen LogP contribution in [0.1, 0.15) is 72.6 Å². The maximum absolute atomic E-state index is 12.7. The number of hydrogen-bond donors (Lipinski definition) is 0. The molecule has 4 rings (SSSR count). The molecule has 0 aromatic carbocycles. The second-order valence-corrected chi connectivity index (χ2v) is 9.45. The molecule has 0 saturated heterocycles. The quantitative estimate of drug-likeness (QED) is 0.585. The Morgan fingerprint density at radius 3 is 2.46 bits per heavy atom. The third kappa shape index (κ3) is 1.83. The molecule has 5 atom stereocenters. The summed E-state index contributed by atoms with van der Waals surface area (Å²) in [5.41, 5.74) is 2.96. The minimum absolute atomic E-state index is 0.0686. The normalized spacial score (nSPS) is 49.5. The van der Waals surface area contributed by atoms with E-state index >= 15 is 0 Å². The lowest BCUT2D eigenvalue weighted by Crippen LogP contribution is -2.55. The number of rotatable bonds is 0. The van der Waals surface area contributed by atoms with E-state index in [4.69, 9.17) is 0 Å². The number of carbonyl (C=O) groups excluding carboxylic acids is 2. The van der Waals surface area contributed by atoms with E-state index in [2.05, 4.69) is 26.8 Å². The van der Waals surface area contributed by atoms with Crippen LogP contribution in [0.2, 0.25) is 0 Å². The Labute approximate surface area is 145 Å². The summed E-state index contributed by atoms with van der Waals surface area (Å²) in [6, 6.07) is 0. The van der Waals surface area contributed by atoms with E-state index in [1.54, 1.807) is 0 Å². The van der Waals surface area contributed by atoms with Crippen LogP contribution >= 0.6 is 0 Å². The fourth-order valence-electron chi connectivity index (χ4n) is 7.33. The van der Waals surface area contributed by atoms with Crippen LogP contribution in [0.5, 0.6) is 0 Å². The van der Waals surface area contributed by atoms with Crippen LogP contribution in [0.15, 0.2) is 23.3 Å². The molecule has 0 amide bonds. The van der Waals surface area contributed by atoms with E-state index in [1.807, 2.05) is 13.0 Å². The lowest BCUT2D eigenvalue weighted by atomic mass is 9.41. The van der Waals surface area contributed by atoms with E-state index in [0.717, 1.165) is 37.7 Å². The minimum atomic E-state index is 0.0686. The molecule has 0 N–H and O–H groups in total. The van der Waals surface area contributed by atoms with Crippen LogP contribution in [0, 0.1) is 28.1 Å². The van der Waals surface area contributed by atoms with Gasteiger partial charge in [0.05, 0.1) is 0 Å². The maximum Gasteiger partial charge on any atom is 0.159 e. The van der Waals surface area contributed by atoms with Crippen molar-refractivity contribution in [2.45, 2.75) is 72.6 Å². The summed E-state index contributed by atoms with van der Waals surface area (Å²) in [6.45, 7) is 9.25. The second kappa shape index (κ2) is 4.93. The van der Waals surface area contributed by atoms with Gasteiger partial charge >= 0.3 is 0 Å². The molecule has 4 aliphatic rings. The van der Waals surface area contributed by atoms with Gasteiger partial charge in [0.25, 0.3) is 0 Å². The molecule has 0 unspecified atom stereocenters. The Balaban J connectivity index is 1.79. The van der Waals surface area contributed by atoms with Crippen molar-refractivity contribution in [3.63, 3.8) is 0 Å². The standard InChI is InChI=1S/C22H30O2/c1-5-16-17(24)13-19-21(16,3)11-8-18-20(2)10-7-15(23)12-14(20)6-9-22(18,19)4/h5,12,18-19H,6-11,13H2,1-4H3/b16-5+/t18-,19-,20+,21-,22-/m1/s1. The second-order valence-electron chi connectivity index (χ2n) is 9.45. The predicted octanol–water partition coefficient (Wildman–Crippen LogP) is 5.03. The molecule has 0 bridgehead atoms. The molecule has 0 aromatic heterocycles. The van der Waals surface area contributed by atoms with Crippen LogP contribution in [-0.4, -0.2) is 11.6 Å². The molecule has 0 spiro atoms. The molecule has 130 valence electrons. The summed E-state index contributed by atoms with van der Waals surface area (Å²) in [5.74, 6) is 1.79. The van der Waals surface area contributed by atoms with Crippen LogP contribution in [0.25, 0.3) is 0 Å². The maximum atomic E-state index is 12.7. The summed E-state index contributed by atoms with van der Waals surface area (Å²) in [4.78, 5) is 24.6. The van der Waals surface area contributed by atoms with Crippen molar-refractivity contribution in [2.24, 2.45) is 28.1 Å². The first kappa shape index (κ1) is 16.3. The Hall–Kier alpha value is -1.18. The first-order chi connectivity index (χ1) is 11.3. The van der Waals surface area contributed by atoms with Crippen LogP contribution in [-0.2, 0) is 9.59 Å². The van der Waals surface area contributed by atoms with Crippen molar-refractivity contribution in [2.75, 3.05) is 0 Å². The highest BCUT2D eigenvalue weighted by atomic mass is 16.1. The number of hydrogen-bond acceptors (Lipinski definition) is 2. The predicted molar refractivity (Wildman–Crippen MR) is 95.5 cm³/mol. The van der Waals surface area contributed by atoms with E-state index in [9.17, 15) is 9.59 Å². The molecule has 0 aromatic rings. The Kier molecular flexibility index (Phi) is 3.34. The summed E-state index contributed by atoms with van der Waals surface area (Å²) >= 11 is 0. The van der Waals surface area contributed by atoms with E-state index in [-0.39, 0.29) is 16.2 Å². The van der Waals surface area contributed by atoms with Crippen molar-refractivity contribution in [1.82, 2.24) is 0 Å². The highest BCUT2D eigenvalue weighted by Gasteiger charge is 2.64. The van der Waals surface area contributed by atoms with E-state index < -0.39 is 0 Å². The average Bonchev–Trinajstić information content (AvgIpc) is 2.79. The van der Waals surface area contributed by atoms with Gasteiger partial charge in [-0.2, -0.15) is 0 Å². The first-order valence-electron chi connectivity index (χ1n) is 9.69. The van der Waals surface area contributed by atoms with Crippen LogP contribution in [0.4, 0.5) is 0 Å². The van der Waals surface area contributed by atoms with Gasteiger partial charge in [-0.3, -0.25) is 9.59 Å². The van der Waals surface area contributed by atoms with Gasteiger partial charge in [0, 0.05) is 12.8 Å². The van der Waals surface area contributed by atoms with Gasteiger partial charge in [-0.15, -0.1) is 0 Å². The van der Waals surface area contributed by atoms with Gasteiger partial charge in [0.1, 0.15) is 0 Å². The van der Waals surface area contributed by atoms with Crippen molar-refractivity contribution in [3.05, 3.63) is 23.3 Å². The highest BCUT2D eigenvalue weighted by Crippen LogP contribution is 2.70. The molecule has 4 aliphatic carbocycles. The molecule has 0 heterocycles. The van der Waals surface area contributed by atoms with Gasteiger partial charge in [-0.25, -0.2) is 0 Å². The van der Waals surface area contributed by atoms with Gasteiger partial charge < -0.3 is 0 Å². The number of allylic oxidation sites excluding steroid dienone is 3. The van der Waals surface area contributed by atoms with Crippen molar-refractivity contribution in [3.8, 4) is 0 Å². The highest BCUT2D eigenvalue weighted by molar-refractivity contribution is 5.99. The number of carbonyl (C=O) groups is 2. The zero-order valence-corrected chi connectivity index (χ0v) is 15.6. The molecular formula is C22H30O2. The molecule has 3 saturated carbocycles. The molecule has 0 aliphatic heterocycles. The van der Waals surface area contributed by atoms with Gasteiger partial charge in [-0.1, -0.05) is 32.4 Å². The smallest absolute Gasteiger partial charge is 0.159 e. The molecule has 3 fully saturated rings. The molecule has 24 heavy (non-hydrogen) atoms.